The van der Waals surface area contributed by atoms with Gasteiger partial charge in [0, 0.05) is 18.8 Å². The van der Waals surface area contributed by atoms with Crippen LogP contribution in [-0.2, 0) is 4.79 Å². The molecule has 1 unspecified atom stereocenters. The van der Waals surface area contributed by atoms with Crippen molar-refractivity contribution in [3.63, 3.8) is 0 Å². The largest absolute Gasteiger partial charge is 0.481 e. The van der Waals surface area contributed by atoms with Crippen molar-refractivity contribution in [1.29, 1.82) is 0 Å². The zero-order chi connectivity index (χ0) is 15.1. The number of amides is 1. The van der Waals surface area contributed by atoms with E-state index >= 15 is 0 Å². The van der Waals surface area contributed by atoms with E-state index in [0.717, 1.165) is 17.9 Å². The highest BCUT2D eigenvalue weighted by Crippen LogP contribution is 2.26. The number of rotatable bonds is 2. The van der Waals surface area contributed by atoms with Gasteiger partial charge in [0.15, 0.2) is 0 Å². The molecule has 0 aromatic carbocycles. The molecule has 1 N–H and O–H groups in total. The first kappa shape index (κ1) is 14.0. The van der Waals surface area contributed by atoms with Crippen LogP contribution in [0.4, 0.5) is 0 Å². The highest BCUT2D eigenvalue weighted by molar-refractivity contribution is 7.19. The fourth-order valence-corrected chi connectivity index (χ4v) is 3.85. The highest BCUT2D eigenvalue weighted by Gasteiger charge is 2.30. The maximum absolute atomic E-state index is 12.6. The average molecular weight is 308 g/mol. The SMILES string of the molecule is Cc1nnc2sc(C(=O)N3CCCC(C(=O)O)C3)c(C)n12. The summed E-state index contributed by atoms with van der Waals surface area (Å²) in [4.78, 5) is 26.7. The number of carbonyl (C=O) groups excluding carboxylic acids is 1. The predicted molar refractivity (Wildman–Crippen MR) is 76.6 cm³/mol. The van der Waals surface area contributed by atoms with Gasteiger partial charge in [-0.3, -0.25) is 14.0 Å². The molecule has 0 saturated carbocycles. The minimum absolute atomic E-state index is 0.103. The predicted octanol–water partition coefficient (Wildman–Crippen LogP) is 1.34. The summed E-state index contributed by atoms with van der Waals surface area (Å²) >= 11 is 1.31. The molecule has 0 aliphatic carbocycles. The fraction of sp³-hybridized carbons (Fsp3) is 0.538. The summed E-state index contributed by atoms with van der Waals surface area (Å²) in [6.45, 7) is 4.60. The number of likely N-dealkylation sites (tertiary alicyclic amines) is 1. The molecule has 2 aromatic rings. The van der Waals surface area contributed by atoms with E-state index in [0.29, 0.717) is 22.8 Å². The second-order valence-corrected chi connectivity index (χ2v) is 6.29. The van der Waals surface area contributed by atoms with Crippen LogP contribution >= 0.6 is 11.3 Å². The molecule has 21 heavy (non-hydrogen) atoms. The van der Waals surface area contributed by atoms with Gasteiger partial charge < -0.3 is 10.0 Å². The molecule has 0 spiro atoms. The third-order valence-corrected chi connectivity index (χ3v) is 5.03. The summed E-state index contributed by atoms with van der Waals surface area (Å²) in [5, 5.41) is 17.1. The second-order valence-electron chi connectivity index (χ2n) is 5.31. The lowest BCUT2D eigenvalue weighted by Crippen LogP contribution is -2.42. The minimum atomic E-state index is -0.828. The number of aryl methyl sites for hydroxylation is 2. The summed E-state index contributed by atoms with van der Waals surface area (Å²) in [5.41, 5.74) is 0.819. The number of fused-ring (bicyclic) bond motifs is 1. The number of hydrogen-bond donors (Lipinski definition) is 1. The van der Waals surface area contributed by atoms with Crippen LogP contribution in [0.25, 0.3) is 4.96 Å². The Morgan fingerprint density at radius 1 is 1.33 bits per heavy atom. The minimum Gasteiger partial charge on any atom is -0.481 e. The first-order valence-electron chi connectivity index (χ1n) is 6.82. The maximum atomic E-state index is 12.6. The van der Waals surface area contributed by atoms with Crippen LogP contribution in [0.3, 0.4) is 0 Å². The number of aromatic nitrogens is 3. The van der Waals surface area contributed by atoms with Crippen LogP contribution in [0.15, 0.2) is 0 Å². The van der Waals surface area contributed by atoms with Crippen LogP contribution in [-0.4, -0.2) is 49.6 Å². The van der Waals surface area contributed by atoms with E-state index in [9.17, 15) is 9.59 Å². The molecule has 1 saturated heterocycles. The number of carbonyl (C=O) groups is 2. The number of hydrogen-bond acceptors (Lipinski definition) is 5. The second kappa shape index (κ2) is 5.10. The Kier molecular flexibility index (Phi) is 3.40. The van der Waals surface area contributed by atoms with E-state index in [1.54, 1.807) is 4.90 Å². The third-order valence-electron chi connectivity index (χ3n) is 3.90. The van der Waals surface area contributed by atoms with E-state index < -0.39 is 11.9 Å². The Bertz CT molecular complexity index is 720. The van der Waals surface area contributed by atoms with Crippen LogP contribution in [0.2, 0.25) is 0 Å². The molecule has 3 rings (SSSR count). The third kappa shape index (κ3) is 2.29. The molecule has 2 aromatic heterocycles. The summed E-state index contributed by atoms with van der Waals surface area (Å²) < 4.78 is 1.86. The van der Waals surface area contributed by atoms with E-state index in [-0.39, 0.29) is 12.5 Å². The zero-order valence-electron chi connectivity index (χ0n) is 11.9. The lowest BCUT2D eigenvalue weighted by Gasteiger charge is -2.30. The number of thiazole rings is 1. The Morgan fingerprint density at radius 3 is 2.76 bits per heavy atom. The Hall–Kier alpha value is -1.96. The van der Waals surface area contributed by atoms with Crippen molar-refractivity contribution in [1.82, 2.24) is 19.5 Å². The molecule has 0 radical (unpaired) electrons. The lowest BCUT2D eigenvalue weighted by atomic mass is 9.98. The summed E-state index contributed by atoms with van der Waals surface area (Å²) in [6, 6.07) is 0. The number of nitrogens with zero attached hydrogens (tertiary/aromatic N) is 4. The van der Waals surface area contributed by atoms with Crippen LogP contribution in [0, 0.1) is 19.8 Å². The summed E-state index contributed by atoms with van der Waals surface area (Å²) in [6.07, 6.45) is 1.36. The Balaban J connectivity index is 1.89. The lowest BCUT2D eigenvalue weighted by molar-refractivity contribution is -0.143. The summed E-state index contributed by atoms with van der Waals surface area (Å²) in [5.74, 6) is -0.645. The molecule has 1 aliphatic rings. The van der Waals surface area contributed by atoms with Crippen molar-refractivity contribution >= 4 is 28.2 Å². The summed E-state index contributed by atoms with van der Waals surface area (Å²) in [7, 11) is 0. The van der Waals surface area contributed by atoms with E-state index in [2.05, 4.69) is 10.2 Å². The van der Waals surface area contributed by atoms with E-state index in [1.165, 1.54) is 11.3 Å². The van der Waals surface area contributed by atoms with Gasteiger partial charge in [0.05, 0.1) is 5.92 Å². The molecule has 8 heteroatoms. The van der Waals surface area contributed by atoms with Crippen molar-refractivity contribution in [3.8, 4) is 0 Å². The molecular formula is C13H16N4O3S. The molecule has 1 amide bonds. The smallest absolute Gasteiger partial charge is 0.308 e. The van der Waals surface area contributed by atoms with Gasteiger partial charge in [-0.05, 0) is 26.7 Å². The first-order chi connectivity index (χ1) is 9.99. The van der Waals surface area contributed by atoms with Gasteiger partial charge in [-0.25, -0.2) is 0 Å². The van der Waals surface area contributed by atoms with Crippen molar-refractivity contribution < 1.29 is 14.7 Å². The number of carboxylic acids is 1. The number of aliphatic carboxylic acids is 1. The monoisotopic (exact) mass is 308 g/mol. The van der Waals surface area contributed by atoms with E-state index in [1.807, 2.05) is 18.2 Å². The van der Waals surface area contributed by atoms with Crippen molar-refractivity contribution in [2.45, 2.75) is 26.7 Å². The van der Waals surface area contributed by atoms with Crippen molar-refractivity contribution in [2.75, 3.05) is 13.1 Å². The molecule has 112 valence electrons. The van der Waals surface area contributed by atoms with Gasteiger partial charge in [0.25, 0.3) is 5.91 Å². The highest BCUT2D eigenvalue weighted by atomic mass is 32.1. The zero-order valence-corrected chi connectivity index (χ0v) is 12.7. The van der Waals surface area contributed by atoms with Gasteiger partial charge in [0.1, 0.15) is 10.7 Å². The standard InChI is InChI=1S/C13H16N4O3S/c1-7-10(21-13-15-14-8(2)17(7)13)11(18)16-5-3-4-9(6-16)12(19)20/h9H,3-6H2,1-2H3,(H,19,20). The van der Waals surface area contributed by atoms with Crippen molar-refractivity contribution in [2.24, 2.45) is 5.92 Å². The van der Waals surface area contributed by atoms with Crippen LogP contribution < -0.4 is 0 Å². The number of carboxylic acid groups (broad SMARTS) is 1. The fourth-order valence-electron chi connectivity index (χ4n) is 2.77. The molecule has 1 aliphatic heterocycles. The number of piperidine rings is 1. The van der Waals surface area contributed by atoms with Gasteiger partial charge in [-0.15, -0.1) is 10.2 Å². The molecule has 1 atom stereocenters. The normalized spacial score (nSPS) is 19.1. The van der Waals surface area contributed by atoms with Crippen molar-refractivity contribution in [3.05, 3.63) is 16.4 Å². The maximum Gasteiger partial charge on any atom is 0.308 e. The topological polar surface area (TPSA) is 87.8 Å². The molecule has 1 fully saturated rings. The van der Waals surface area contributed by atoms with Gasteiger partial charge >= 0.3 is 5.97 Å². The Labute approximate surface area is 125 Å². The van der Waals surface area contributed by atoms with Crippen LogP contribution in [0.1, 0.15) is 34.0 Å². The quantitative estimate of drug-likeness (QED) is 0.904. The molecule has 3 heterocycles. The van der Waals surface area contributed by atoms with Gasteiger partial charge in [-0.1, -0.05) is 11.3 Å². The molecule has 7 nitrogen and oxygen atoms in total. The van der Waals surface area contributed by atoms with Crippen LogP contribution in [0.5, 0.6) is 0 Å². The Morgan fingerprint density at radius 2 is 2.10 bits per heavy atom. The first-order valence-corrected chi connectivity index (χ1v) is 7.64. The molecular weight excluding hydrogens is 292 g/mol. The van der Waals surface area contributed by atoms with E-state index in [4.69, 9.17) is 5.11 Å². The van der Waals surface area contributed by atoms with Gasteiger partial charge in [-0.2, -0.15) is 0 Å². The average Bonchev–Trinajstić information content (AvgIpc) is 2.99. The molecule has 0 bridgehead atoms. The van der Waals surface area contributed by atoms with Gasteiger partial charge in [0.2, 0.25) is 4.96 Å².